The van der Waals surface area contributed by atoms with E-state index in [0.717, 1.165) is 16.9 Å². The van der Waals surface area contributed by atoms with Crippen LogP contribution in [0.2, 0.25) is 5.02 Å². The molecule has 4 rings (SSSR count). The zero-order valence-corrected chi connectivity index (χ0v) is 16.3. The van der Waals surface area contributed by atoms with E-state index in [1.165, 1.54) is 19.1 Å². The number of hydrogen-bond acceptors (Lipinski definition) is 5. The lowest BCUT2D eigenvalue weighted by Crippen LogP contribution is -2.43. The molecule has 1 aromatic carbocycles. The standard InChI is InChI=1S/C19H16ClF4N3O3/c1-18(29)5-9(6-18)27-17(19(22,23)24)10(7-25-27)16-11(8-28)15(26-30-16)14-12(20)3-2-4-13(14)21/h2-4,7,9,28-29H,5-6,8H2,1H3. The van der Waals surface area contributed by atoms with Crippen LogP contribution in [0, 0.1) is 5.82 Å². The summed E-state index contributed by atoms with van der Waals surface area (Å²) in [6.07, 6.45) is -3.63. The van der Waals surface area contributed by atoms with Crippen LogP contribution in [0.25, 0.3) is 22.6 Å². The van der Waals surface area contributed by atoms with Gasteiger partial charge in [-0.2, -0.15) is 18.3 Å². The van der Waals surface area contributed by atoms with Crippen molar-refractivity contribution in [2.75, 3.05) is 0 Å². The molecule has 0 spiro atoms. The summed E-state index contributed by atoms with van der Waals surface area (Å²) < 4.78 is 61.9. The summed E-state index contributed by atoms with van der Waals surface area (Å²) >= 11 is 6.03. The maximum Gasteiger partial charge on any atom is 0.433 e. The number of aliphatic hydroxyl groups excluding tert-OH is 1. The van der Waals surface area contributed by atoms with Crippen molar-refractivity contribution in [3.63, 3.8) is 0 Å². The third kappa shape index (κ3) is 3.38. The SMILES string of the molecule is CC1(O)CC(n2ncc(-c3onc(-c4c(F)cccc4Cl)c3CO)c2C(F)(F)F)C1. The first-order valence-corrected chi connectivity index (χ1v) is 9.32. The van der Waals surface area contributed by atoms with Gasteiger partial charge in [-0.05, 0) is 31.9 Å². The number of rotatable bonds is 4. The highest BCUT2D eigenvalue weighted by molar-refractivity contribution is 6.33. The van der Waals surface area contributed by atoms with Crippen LogP contribution in [0.5, 0.6) is 0 Å². The highest BCUT2D eigenvalue weighted by Crippen LogP contribution is 2.47. The monoisotopic (exact) mass is 445 g/mol. The Morgan fingerprint density at radius 3 is 2.60 bits per heavy atom. The summed E-state index contributed by atoms with van der Waals surface area (Å²) in [7, 11) is 0. The predicted molar refractivity (Wildman–Crippen MR) is 97.9 cm³/mol. The summed E-state index contributed by atoms with van der Waals surface area (Å²) in [4.78, 5) is 0. The first kappa shape index (κ1) is 20.8. The third-order valence-electron chi connectivity index (χ3n) is 5.15. The molecular formula is C19H16ClF4N3O3. The summed E-state index contributed by atoms with van der Waals surface area (Å²) in [5.74, 6) is -1.14. The van der Waals surface area contributed by atoms with Crippen molar-refractivity contribution in [1.82, 2.24) is 14.9 Å². The number of halogens is 5. The van der Waals surface area contributed by atoms with Gasteiger partial charge in [0, 0.05) is 0 Å². The molecule has 1 fully saturated rings. The highest BCUT2D eigenvalue weighted by atomic mass is 35.5. The average molecular weight is 446 g/mol. The number of aromatic nitrogens is 3. The fourth-order valence-corrected chi connectivity index (χ4v) is 4.06. The van der Waals surface area contributed by atoms with Crippen molar-refractivity contribution in [2.45, 2.75) is 44.2 Å². The molecule has 0 saturated heterocycles. The zero-order valence-electron chi connectivity index (χ0n) is 15.5. The molecule has 1 saturated carbocycles. The topological polar surface area (TPSA) is 84.3 Å². The van der Waals surface area contributed by atoms with Crippen LogP contribution in [0.3, 0.4) is 0 Å². The van der Waals surface area contributed by atoms with E-state index < -0.39 is 41.5 Å². The van der Waals surface area contributed by atoms with Gasteiger partial charge in [0.15, 0.2) is 11.5 Å². The number of benzene rings is 1. The van der Waals surface area contributed by atoms with Crippen molar-refractivity contribution in [1.29, 1.82) is 0 Å². The summed E-state index contributed by atoms with van der Waals surface area (Å²) in [6, 6.07) is 3.21. The zero-order chi connectivity index (χ0) is 21.8. The van der Waals surface area contributed by atoms with Gasteiger partial charge in [-0.25, -0.2) is 4.39 Å². The van der Waals surface area contributed by atoms with E-state index in [-0.39, 0.29) is 40.4 Å². The molecule has 2 heterocycles. The van der Waals surface area contributed by atoms with Crippen molar-refractivity contribution in [3.8, 4) is 22.6 Å². The number of alkyl halides is 3. The fourth-order valence-electron chi connectivity index (χ4n) is 3.80. The Morgan fingerprint density at radius 1 is 1.33 bits per heavy atom. The minimum absolute atomic E-state index is 0.0343. The Hall–Kier alpha value is -2.43. The maximum atomic E-state index is 14.3. The molecule has 0 atom stereocenters. The van der Waals surface area contributed by atoms with Gasteiger partial charge in [0.2, 0.25) is 0 Å². The van der Waals surface area contributed by atoms with Crippen LogP contribution >= 0.6 is 11.6 Å². The summed E-state index contributed by atoms with van der Waals surface area (Å²) in [6.45, 7) is 0.769. The molecule has 0 amide bonds. The second-order valence-corrected chi connectivity index (χ2v) is 7.91. The maximum absolute atomic E-state index is 14.3. The third-order valence-corrected chi connectivity index (χ3v) is 5.47. The Labute approximate surface area is 172 Å². The van der Waals surface area contributed by atoms with Crippen molar-refractivity contribution >= 4 is 11.6 Å². The largest absolute Gasteiger partial charge is 0.433 e. The van der Waals surface area contributed by atoms with Crippen LogP contribution < -0.4 is 0 Å². The molecule has 2 aromatic heterocycles. The molecular weight excluding hydrogens is 430 g/mol. The molecule has 0 bridgehead atoms. The summed E-state index contributed by atoms with van der Waals surface area (Å²) in [5, 5.41) is 27.2. The van der Waals surface area contributed by atoms with Gasteiger partial charge in [-0.15, -0.1) is 0 Å². The van der Waals surface area contributed by atoms with E-state index in [1.54, 1.807) is 0 Å². The van der Waals surface area contributed by atoms with Crippen molar-refractivity contribution < 1.29 is 32.3 Å². The molecule has 11 heteroatoms. The van der Waals surface area contributed by atoms with E-state index in [1.807, 2.05) is 0 Å². The molecule has 1 aliphatic rings. The lowest BCUT2D eigenvalue weighted by Gasteiger charge is -2.41. The Bertz CT molecular complexity index is 1080. The smallest absolute Gasteiger partial charge is 0.391 e. The molecule has 0 unspecified atom stereocenters. The van der Waals surface area contributed by atoms with Crippen LogP contribution in [0.4, 0.5) is 17.6 Å². The number of hydrogen-bond donors (Lipinski definition) is 2. The Morgan fingerprint density at radius 2 is 2.03 bits per heavy atom. The quantitative estimate of drug-likeness (QED) is 0.574. The van der Waals surface area contributed by atoms with Gasteiger partial charge in [0.05, 0.1) is 46.2 Å². The minimum atomic E-state index is -4.80. The van der Waals surface area contributed by atoms with Crippen molar-refractivity contribution in [3.05, 3.63) is 46.5 Å². The molecule has 0 radical (unpaired) electrons. The van der Waals surface area contributed by atoms with Crippen LogP contribution in [-0.4, -0.2) is 30.8 Å². The fraction of sp³-hybridized carbons (Fsp3) is 0.368. The van der Waals surface area contributed by atoms with Gasteiger partial charge >= 0.3 is 6.18 Å². The lowest BCUT2D eigenvalue weighted by molar-refractivity contribution is -0.148. The van der Waals surface area contributed by atoms with Crippen molar-refractivity contribution in [2.24, 2.45) is 0 Å². The Balaban J connectivity index is 1.86. The minimum Gasteiger partial charge on any atom is -0.391 e. The molecule has 6 nitrogen and oxygen atoms in total. The number of nitrogens with zero attached hydrogens (tertiary/aromatic N) is 3. The summed E-state index contributed by atoms with van der Waals surface area (Å²) in [5.41, 5.74) is -3.12. The van der Waals surface area contributed by atoms with Crippen LogP contribution in [-0.2, 0) is 12.8 Å². The van der Waals surface area contributed by atoms with Gasteiger partial charge in [-0.1, -0.05) is 22.8 Å². The predicted octanol–water partition coefficient (Wildman–Crippen LogP) is 4.59. The molecule has 2 N–H and O–H groups in total. The van der Waals surface area contributed by atoms with Gasteiger partial charge in [-0.3, -0.25) is 4.68 Å². The lowest BCUT2D eigenvalue weighted by atomic mass is 9.77. The average Bonchev–Trinajstić information content (AvgIpc) is 3.22. The normalized spacial score (nSPS) is 21.7. The highest BCUT2D eigenvalue weighted by Gasteiger charge is 2.47. The van der Waals surface area contributed by atoms with E-state index >= 15 is 0 Å². The molecule has 0 aliphatic heterocycles. The second kappa shape index (κ2) is 7.07. The number of aliphatic hydroxyl groups is 2. The molecule has 1 aliphatic carbocycles. The van der Waals surface area contributed by atoms with E-state index in [0.29, 0.717) is 0 Å². The van der Waals surface area contributed by atoms with Gasteiger partial charge in [0.25, 0.3) is 0 Å². The van der Waals surface area contributed by atoms with E-state index in [2.05, 4.69) is 10.3 Å². The molecule has 160 valence electrons. The van der Waals surface area contributed by atoms with Gasteiger partial charge < -0.3 is 14.7 Å². The first-order valence-electron chi connectivity index (χ1n) is 8.94. The first-order chi connectivity index (χ1) is 14.0. The van der Waals surface area contributed by atoms with Crippen LogP contribution in [0.1, 0.15) is 37.1 Å². The van der Waals surface area contributed by atoms with E-state index in [4.69, 9.17) is 16.1 Å². The Kier molecular flexibility index (Phi) is 4.91. The molecule has 30 heavy (non-hydrogen) atoms. The second-order valence-electron chi connectivity index (χ2n) is 7.50. The van der Waals surface area contributed by atoms with Crippen LogP contribution in [0.15, 0.2) is 28.9 Å². The van der Waals surface area contributed by atoms with E-state index in [9.17, 15) is 27.8 Å². The van der Waals surface area contributed by atoms with Gasteiger partial charge in [0.1, 0.15) is 11.5 Å². The molecule has 3 aromatic rings.